The van der Waals surface area contributed by atoms with Crippen molar-refractivity contribution in [1.29, 1.82) is 0 Å². The first kappa shape index (κ1) is 29.9. The SMILES string of the molecule is NCCCC[C@H](N)COC(=O)N(CCCCN)CC(=O)N[C@@H](CCCCN)COC(=O)O. The van der Waals surface area contributed by atoms with E-state index in [-0.39, 0.29) is 25.8 Å². The van der Waals surface area contributed by atoms with Crippen LogP contribution in [0.5, 0.6) is 0 Å². The van der Waals surface area contributed by atoms with Gasteiger partial charge in [-0.05, 0) is 58.2 Å². The molecule has 0 aliphatic carbocycles. The van der Waals surface area contributed by atoms with E-state index in [1.165, 1.54) is 4.90 Å². The maximum atomic E-state index is 12.5. The number of hydrogen-bond acceptors (Lipinski definition) is 9. The van der Waals surface area contributed by atoms with Crippen molar-refractivity contribution in [3.63, 3.8) is 0 Å². The smallest absolute Gasteiger partial charge is 0.450 e. The molecule has 0 heterocycles. The molecule has 0 radical (unpaired) electrons. The molecule has 0 spiro atoms. The summed E-state index contributed by atoms with van der Waals surface area (Å²) in [5.74, 6) is -0.436. The molecule has 0 aliphatic rings. The molecule has 0 aliphatic heterocycles. The van der Waals surface area contributed by atoms with Gasteiger partial charge in [0, 0.05) is 12.6 Å². The van der Waals surface area contributed by atoms with Crippen molar-refractivity contribution >= 4 is 18.2 Å². The van der Waals surface area contributed by atoms with E-state index < -0.39 is 24.2 Å². The molecular weight excluding hydrogens is 420 g/mol. The Kier molecular flexibility index (Phi) is 18.2. The third-order valence-corrected chi connectivity index (χ3v) is 4.70. The molecule has 0 fully saturated rings. The van der Waals surface area contributed by atoms with Crippen molar-refractivity contribution in [3.8, 4) is 0 Å². The summed E-state index contributed by atoms with van der Waals surface area (Å²) in [6.45, 7) is 1.49. The third kappa shape index (κ3) is 16.5. The van der Waals surface area contributed by atoms with Gasteiger partial charge in [-0.25, -0.2) is 9.59 Å². The van der Waals surface area contributed by atoms with Gasteiger partial charge in [-0.15, -0.1) is 0 Å². The van der Waals surface area contributed by atoms with E-state index in [0.29, 0.717) is 58.3 Å². The molecule has 2 atom stereocenters. The van der Waals surface area contributed by atoms with E-state index in [4.69, 9.17) is 32.8 Å². The summed E-state index contributed by atoms with van der Waals surface area (Å²) < 4.78 is 9.90. The minimum absolute atomic E-state index is 0.0482. The Morgan fingerprint density at radius 2 is 1.44 bits per heavy atom. The Bertz CT molecular complexity index is 525. The number of amides is 2. The van der Waals surface area contributed by atoms with E-state index in [1.807, 2.05) is 0 Å². The lowest BCUT2D eigenvalue weighted by Crippen LogP contribution is -2.46. The van der Waals surface area contributed by atoms with Crippen molar-refractivity contribution in [2.75, 3.05) is 45.9 Å². The summed E-state index contributed by atoms with van der Waals surface area (Å²) in [6.07, 6.45) is 3.59. The minimum Gasteiger partial charge on any atom is -0.450 e. The van der Waals surface area contributed by atoms with Crippen LogP contribution in [0.1, 0.15) is 51.4 Å². The summed E-state index contributed by atoms with van der Waals surface area (Å²) in [4.78, 5) is 37.1. The second-order valence-corrected chi connectivity index (χ2v) is 7.66. The monoisotopic (exact) mass is 462 g/mol. The Labute approximate surface area is 190 Å². The number of carbonyl (C=O) groups is 3. The molecule has 188 valence electrons. The fourth-order valence-corrected chi connectivity index (χ4v) is 2.94. The highest BCUT2D eigenvalue weighted by atomic mass is 16.7. The number of nitrogens with one attached hydrogen (secondary N) is 1. The van der Waals surface area contributed by atoms with Gasteiger partial charge in [0.1, 0.15) is 19.8 Å². The van der Waals surface area contributed by atoms with Crippen molar-refractivity contribution in [2.24, 2.45) is 22.9 Å². The number of rotatable bonds is 19. The van der Waals surface area contributed by atoms with Crippen LogP contribution in [0.2, 0.25) is 0 Å². The molecule has 0 aromatic rings. The van der Waals surface area contributed by atoms with Gasteiger partial charge in [0.15, 0.2) is 0 Å². The molecule has 12 nitrogen and oxygen atoms in total. The lowest BCUT2D eigenvalue weighted by Gasteiger charge is -2.24. The Hall–Kier alpha value is -2.15. The van der Waals surface area contributed by atoms with E-state index in [9.17, 15) is 14.4 Å². The van der Waals surface area contributed by atoms with Crippen molar-refractivity contribution in [2.45, 2.75) is 63.5 Å². The zero-order valence-electron chi connectivity index (χ0n) is 19.0. The molecule has 0 saturated carbocycles. The van der Waals surface area contributed by atoms with Crippen LogP contribution in [-0.4, -0.2) is 86.2 Å². The van der Waals surface area contributed by atoms with Crippen LogP contribution in [0.3, 0.4) is 0 Å². The second-order valence-electron chi connectivity index (χ2n) is 7.66. The van der Waals surface area contributed by atoms with Gasteiger partial charge in [0.2, 0.25) is 5.91 Å². The molecular formula is C20H42N6O6. The fourth-order valence-electron chi connectivity index (χ4n) is 2.94. The zero-order valence-corrected chi connectivity index (χ0v) is 19.0. The maximum absolute atomic E-state index is 12.5. The van der Waals surface area contributed by atoms with Crippen LogP contribution in [0.25, 0.3) is 0 Å². The normalized spacial score (nSPS) is 12.6. The number of carboxylic acid groups (broad SMARTS) is 1. The molecule has 32 heavy (non-hydrogen) atoms. The van der Waals surface area contributed by atoms with Crippen LogP contribution in [-0.2, 0) is 14.3 Å². The Balaban J connectivity index is 4.79. The van der Waals surface area contributed by atoms with Crippen LogP contribution in [0.4, 0.5) is 9.59 Å². The van der Waals surface area contributed by atoms with Gasteiger partial charge in [-0.1, -0.05) is 12.8 Å². The molecule has 0 aromatic heterocycles. The molecule has 0 rings (SSSR count). The highest BCUT2D eigenvalue weighted by molar-refractivity contribution is 5.82. The van der Waals surface area contributed by atoms with E-state index in [1.54, 1.807) is 0 Å². The van der Waals surface area contributed by atoms with Gasteiger partial charge in [-0.2, -0.15) is 0 Å². The van der Waals surface area contributed by atoms with Gasteiger partial charge in [0.05, 0.1) is 6.04 Å². The predicted octanol–water partition coefficient (Wildman–Crippen LogP) is -0.0714. The molecule has 10 N–H and O–H groups in total. The third-order valence-electron chi connectivity index (χ3n) is 4.70. The van der Waals surface area contributed by atoms with Crippen molar-refractivity contribution < 1.29 is 29.0 Å². The number of hydrogen-bond donors (Lipinski definition) is 6. The Morgan fingerprint density at radius 1 is 0.844 bits per heavy atom. The molecule has 12 heteroatoms. The van der Waals surface area contributed by atoms with E-state index in [0.717, 1.165) is 19.3 Å². The molecule has 0 aromatic carbocycles. The number of unbranched alkanes of at least 4 members (excludes halogenated alkanes) is 3. The van der Waals surface area contributed by atoms with Gasteiger partial charge in [0.25, 0.3) is 0 Å². The molecule has 0 unspecified atom stereocenters. The van der Waals surface area contributed by atoms with Crippen molar-refractivity contribution in [1.82, 2.24) is 10.2 Å². The fraction of sp³-hybridized carbons (Fsp3) is 0.850. The Morgan fingerprint density at radius 3 is 2.03 bits per heavy atom. The van der Waals surface area contributed by atoms with E-state index in [2.05, 4.69) is 10.1 Å². The molecule has 0 saturated heterocycles. The van der Waals surface area contributed by atoms with Crippen LogP contribution in [0.15, 0.2) is 0 Å². The second kappa shape index (κ2) is 19.5. The number of carbonyl (C=O) groups excluding carboxylic acids is 2. The minimum atomic E-state index is -1.42. The molecule has 0 bridgehead atoms. The van der Waals surface area contributed by atoms with E-state index >= 15 is 0 Å². The summed E-state index contributed by atoms with van der Waals surface area (Å²) in [5.41, 5.74) is 22.4. The first-order valence-electron chi connectivity index (χ1n) is 11.3. The number of ether oxygens (including phenoxy) is 2. The number of nitrogens with zero attached hydrogens (tertiary/aromatic N) is 1. The topological polar surface area (TPSA) is 209 Å². The lowest BCUT2D eigenvalue weighted by atomic mass is 10.1. The highest BCUT2D eigenvalue weighted by Gasteiger charge is 2.21. The van der Waals surface area contributed by atoms with Gasteiger partial charge in [-0.3, -0.25) is 9.69 Å². The average molecular weight is 463 g/mol. The first-order chi connectivity index (χ1) is 15.3. The highest BCUT2D eigenvalue weighted by Crippen LogP contribution is 2.05. The van der Waals surface area contributed by atoms with Gasteiger partial charge < -0.3 is 42.8 Å². The summed E-state index contributed by atoms with van der Waals surface area (Å²) in [5, 5.41) is 11.5. The van der Waals surface area contributed by atoms with Crippen LogP contribution >= 0.6 is 0 Å². The quantitative estimate of drug-likeness (QED) is 0.111. The summed E-state index contributed by atoms with van der Waals surface area (Å²) >= 11 is 0. The molecule has 2 amide bonds. The largest absolute Gasteiger partial charge is 0.505 e. The average Bonchev–Trinajstić information content (AvgIpc) is 2.75. The maximum Gasteiger partial charge on any atom is 0.505 e. The van der Waals surface area contributed by atoms with Gasteiger partial charge >= 0.3 is 12.2 Å². The lowest BCUT2D eigenvalue weighted by molar-refractivity contribution is -0.123. The predicted molar refractivity (Wildman–Crippen MR) is 121 cm³/mol. The standard InChI is InChI=1S/C20H42N6O6/c21-9-3-1-7-16(24)14-31-19(28)26(12-6-5-11-23)13-18(27)25-17(8-2-4-10-22)15-32-20(29)30/h16-17H,1-15,21-24H2,(H,25,27)(H,29,30)/t16-,17-/m0/s1. The summed E-state index contributed by atoms with van der Waals surface area (Å²) in [6, 6.07) is -0.812. The van der Waals surface area contributed by atoms with Crippen molar-refractivity contribution in [3.05, 3.63) is 0 Å². The van der Waals surface area contributed by atoms with Crippen LogP contribution < -0.4 is 28.3 Å². The first-order valence-corrected chi connectivity index (χ1v) is 11.3. The number of nitrogens with two attached hydrogens (primary N) is 4. The summed E-state index contributed by atoms with van der Waals surface area (Å²) in [7, 11) is 0. The van der Waals surface area contributed by atoms with Crippen LogP contribution in [0, 0.1) is 0 Å². The zero-order chi connectivity index (χ0) is 24.2.